The fourth-order valence-corrected chi connectivity index (χ4v) is 1.24. The minimum atomic E-state index is -0.588. The summed E-state index contributed by atoms with van der Waals surface area (Å²) in [5.41, 5.74) is 0.864. The summed E-state index contributed by atoms with van der Waals surface area (Å²) in [4.78, 5) is 21.9. The Balaban J connectivity index is 2.45. The molecule has 0 heterocycles. The Morgan fingerprint density at radius 3 is 2.53 bits per heavy atom. The van der Waals surface area contributed by atoms with E-state index in [1.165, 1.54) is 13.2 Å². The van der Waals surface area contributed by atoms with Gasteiger partial charge in [-0.2, -0.15) is 0 Å². The van der Waals surface area contributed by atoms with Crippen molar-refractivity contribution in [1.29, 1.82) is 0 Å². The molecule has 0 aliphatic carbocycles. The smallest absolute Gasteiger partial charge is 0.344 e. The van der Waals surface area contributed by atoms with Gasteiger partial charge in [-0.05, 0) is 23.8 Å². The van der Waals surface area contributed by atoms with E-state index in [2.05, 4.69) is 25.4 Å². The Bertz CT molecular complexity index is 423. The van der Waals surface area contributed by atoms with Gasteiger partial charge in [0.15, 0.2) is 6.61 Å². The SMILES string of the molecule is COC(=O)COC(=O)C=Cc1ccc(Br)cc1. The largest absolute Gasteiger partial charge is 0.466 e. The van der Waals surface area contributed by atoms with E-state index in [9.17, 15) is 9.59 Å². The Morgan fingerprint density at radius 2 is 1.94 bits per heavy atom. The van der Waals surface area contributed by atoms with E-state index in [1.54, 1.807) is 6.08 Å². The van der Waals surface area contributed by atoms with Gasteiger partial charge in [-0.1, -0.05) is 28.1 Å². The van der Waals surface area contributed by atoms with Crippen LogP contribution in [0.5, 0.6) is 0 Å². The zero-order chi connectivity index (χ0) is 12.7. The fourth-order valence-electron chi connectivity index (χ4n) is 0.975. The predicted octanol–water partition coefficient (Wildman–Crippen LogP) is 2.18. The summed E-state index contributed by atoms with van der Waals surface area (Å²) >= 11 is 3.31. The summed E-state index contributed by atoms with van der Waals surface area (Å²) in [5, 5.41) is 0. The van der Waals surface area contributed by atoms with Crippen LogP contribution in [-0.4, -0.2) is 25.7 Å². The minimum absolute atomic E-state index is 0.375. The number of hydrogen-bond acceptors (Lipinski definition) is 4. The Hall–Kier alpha value is -1.62. The molecule has 17 heavy (non-hydrogen) atoms. The van der Waals surface area contributed by atoms with Gasteiger partial charge in [0.25, 0.3) is 0 Å². The van der Waals surface area contributed by atoms with Crippen molar-refractivity contribution in [3.63, 3.8) is 0 Å². The van der Waals surface area contributed by atoms with Crippen molar-refractivity contribution in [2.45, 2.75) is 0 Å². The molecular weight excluding hydrogens is 288 g/mol. The van der Waals surface area contributed by atoms with Crippen LogP contribution in [0, 0.1) is 0 Å². The standard InChI is InChI=1S/C12H11BrO4/c1-16-12(15)8-17-11(14)7-4-9-2-5-10(13)6-3-9/h2-7H,8H2,1H3. The molecule has 0 saturated heterocycles. The van der Waals surface area contributed by atoms with Crippen molar-refractivity contribution < 1.29 is 19.1 Å². The first kappa shape index (κ1) is 13.4. The number of carbonyl (C=O) groups excluding carboxylic acids is 2. The van der Waals surface area contributed by atoms with Gasteiger partial charge in [0.1, 0.15) is 0 Å². The van der Waals surface area contributed by atoms with Crippen molar-refractivity contribution in [1.82, 2.24) is 0 Å². The zero-order valence-electron chi connectivity index (χ0n) is 9.18. The lowest BCUT2D eigenvalue weighted by molar-refractivity contribution is -0.154. The summed E-state index contributed by atoms with van der Waals surface area (Å²) in [6.07, 6.45) is 2.86. The van der Waals surface area contributed by atoms with Crippen LogP contribution < -0.4 is 0 Å². The van der Waals surface area contributed by atoms with Gasteiger partial charge < -0.3 is 9.47 Å². The Labute approximate surface area is 107 Å². The van der Waals surface area contributed by atoms with Gasteiger partial charge in [0, 0.05) is 10.5 Å². The van der Waals surface area contributed by atoms with E-state index >= 15 is 0 Å². The third-order valence-corrected chi connectivity index (χ3v) is 2.37. The van der Waals surface area contributed by atoms with Gasteiger partial charge in [-0.15, -0.1) is 0 Å². The summed E-state index contributed by atoms with van der Waals surface area (Å²) < 4.78 is 9.92. The quantitative estimate of drug-likeness (QED) is 0.631. The molecule has 0 spiro atoms. The summed E-state index contributed by atoms with van der Waals surface area (Å²) in [6.45, 7) is -0.375. The topological polar surface area (TPSA) is 52.6 Å². The van der Waals surface area contributed by atoms with Crippen LogP contribution in [0.15, 0.2) is 34.8 Å². The first-order valence-electron chi connectivity index (χ1n) is 4.79. The molecule has 0 amide bonds. The van der Waals surface area contributed by atoms with Crippen LogP contribution >= 0.6 is 15.9 Å². The Kier molecular flexibility index (Phi) is 5.42. The van der Waals surface area contributed by atoms with Crippen molar-refractivity contribution in [3.05, 3.63) is 40.4 Å². The second-order valence-corrected chi connectivity index (χ2v) is 3.98. The molecule has 0 aromatic heterocycles. The highest BCUT2D eigenvalue weighted by atomic mass is 79.9. The normalized spacial score (nSPS) is 10.2. The maximum Gasteiger partial charge on any atom is 0.344 e. The highest BCUT2D eigenvalue weighted by Crippen LogP contribution is 2.11. The number of ether oxygens (including phenoxy) is 2. The highest BCUT2D eigenvalue weighted by molar-refractivity contribution is 9.10. The third kappa shape index (κ3) is 5.31. The van der Waals surface area contributed by atoms with Gasteiger partial charge in [-0.25, -0.2) is 9.59 Å². The first-order chi connectivity index (χ1) is 8.11. The molecule has 0 bridgehead atoms. The molecule has 0 aliphatic rings. The number of hydrogen-bond donors (Lipinski definition) is 0. The van der Waals surface area contributed by atoms with Gasteiger partial charge >= 0.3 is 11.9 Å². The molecule has 1 rings (SSSR count). The van der Waals surface area contributed by atoms with E-state index in [0.29, 0.717) is 0 Å². The number of rotatable bonds is 4. The van der Waals surface area contributed by atoms with Crippen molar-refractivity contribution in [2.75, 3.05) is 13.7 Å². The van der Waals surface area contributed by atoms with E-state index in [4.69, 9.17) is 0 Å². The highest BCUT2D eigenvalue weighted by Gasteiger charge is 2.03. The van der Waals surface area contributed by atoms with E-state index < -0.39 is 11.9 Å². The maximum atomic E-state index is 11.2. The zero-order valence-corrected chi connectivity index (χ0v) is 10.8. The predicted molar refractivity (Wildman–Crippen MR) is 66.2 cm³/mol. The molecule has 0 unspecified atom stereocenters. The van der Waals surface area contributed by atoms with Crippen LogP contribution in [0.4, 0.5) is 0 Å². The van der Waals surface area contributed by atoms with Gasteiger partial charge in [0.2, 0.25) is 0 Å². The second-order valence-electron chi connectivity index (χ2n) is 3.07. The molecule has 1 aromatic rings. The van der Waals surface area contributed by atoms with Crippen LogP contribution in [0.2, 0.25) is 0 Å². The molecule has 0 N–H and O–H groups in total. The lowest BCUT2D eigenvalue weighted by Crippen LogP contribution is -2.13. The van der Waals surface area contributed by atoms with Crippen molar-refractivity contribution in [2.24, 2.45) is 0 Å². The number of carbonyl (C=O) groups is 2. The number of benzene rings is 1. The molecule has 0 radical (unpaired) electrons. The summed E-state index contributed by atoms with van der Waals surface area (Å²) in [6, 6.07) is 7.40. The van der Waals surface area contributed by atoms with E-state index in [1.807, 2.05) is 24.3 Å². The third-order valence-electron chi connectivity index (χ3n) is 1.84. The van der Waals surface area contributed by atoms with E-state index in [-0.39, 0.29) is 6.61 Å². The number of methoxy groups -OCH3 is 1. The minimum Gasteiger partial charge on any atom is -0.466 e. The molecule has 4 nitrogen and oxygen atoms in total. The van der Waals surface area contributed by atoms with E-state index in [0.717, 1.165) is 10.0 Å². The monoisotopic (exact) mass is 298 g/mol. The lowest BCUT2D eigenvalue weighted by atomic mass is 10.2. The number of halogens is 1. The van der Waals surface area contributed by atoms with Crippen LogP contribution in [0.25, 0.3) is 6.08 Å². The van der Waals surface area contributed by atoms with Crippen LogP contribution in [-0.2, 0) is 19.1 Å². The van der Waals surface area contributed by atoms with Crippen LogP contribution in [0.3, 0.4) is 0 Å². The summed E-state index contributed by atoms with van der Waals surface area (Å²) in [5.74, 6) is -1.17. The number of esters is 2. The molecule has 0 saturated carbocycles. The molecule has 0 atom stereocenters. The average Bonchev–Trinajstić information content (AvgIpc) is 2.35. The van der Waals surface area contributed by atoms with Gasteiger partial charge in [0.05, 0.1) is 7.11 Å². The Morgan fingerprint density at radius 1 is 1.29 bits per heavy atom. The second kappa shape index (κ2) is 6.85. The average molecular weight is 299 g/mol. The van der Waals surface area contributed by atoms with Crippen molar-refractivity contribution in [3.8, 4) is 0 Å². The van der Waals surface area contributed by atoms with Crippen LogP contribution in [0.1, 0.15) is 5.56 Å². The lowest BCUT2D eigenvalue weighted by Gasteiger charge is -1.99. The maximum absolute atomic E-state index is 11.2. The fraction of sp³-hybridized carbons (Fsp3) is 0.167. The molecule has 90 valence electrons. The van der Waals surface area contributed by atoms with Gasteiger partial charge in [-0.3, -0.25) is 0 Å². The molecule has 0 aliphatic heterocycles. The molecule has 0 fully saturated rings. The molecular formula is C12H11BrO4. The summed E-state index contributed by atoms with van der Waals surface area (Å²) in [7, 11) is 1.23. The molecule has 1 aromatic carbocycles. The van der Waals surface area contributed by atoms with Crippen molar-refractivity contribution >= 4 is 33.9 Å². The first-order valence-corrected chi connectivity index (χ1v) is 5.58. The molecule has 5 heteroatoms.